The molecule has 0 N–H and O–H groups in total. The van der Waals surface area contributed by atoms with E-state index in [0.29, 0.717) is 19.6 Å². The van der Waals surface area contributed by atoms with Gasteiger partial charge in [-0.3, -0.25) is 0 Å². The Balaban J connectivity index is 2.67. The highest BCUT2D eigenvalue weighted by atomic mass is 16.5. The van der Waals surface area contributed by atoms with E-state index in [2.05, 4.69) is 38.1 Å². The minimum atomic E-state index is 0.0732. The summed E-state index contributed by atoms with van der Waals surface area (Å²) < 4.78 is 15.8. The fraction of sp³-hybridized carbons (Fsp3) is 0.417. The summed E-state index contributed by atoms with van der Waals surface area (Å²) in [5, 5.41) is 3.39. The average molecular weight is 292 g/mol. The number of azide groups is 1. The molecule has 0 aromatic carbocycles. The van der Waals surface area contributed by atoms with Crippen molar-refractivity contribution in [2.75, 3.05) is 26.4 Å². The highest BCUT2D eigenvalue weighted by Crippen LogP contribution is 2.14. The molecule has 0 aliphatic heterocycles. The second-order valence-corrected chi connectivity index (χ2v) is 3.54. The summed E-state index contributed by atoms with van der Waals surface area (Å²) in [5.41, 5.74) is 8.16. The van der Waals surface area contributed by atoms with Gasteiger partial charge in [-0.15, -0.1) is 15.0 Å². The van der Waals surface area contributed by atoms with E-state index >= 15 is 0 Å². The summed E-state index contributed by atoms with van der Waals surface area (Å²) >= 11 is 0. The van der Waals surface area contributed by atoms with Gasteiger partial charge in [-0.1, -0.05) is 30.4 Å². The monoisotopic (exact) mass is 292 g/mol. The van der Waals surface area contributed by atoms with Gasteiger partial charge in [0.15, 0.2) is 0 Å². The van der Waals surface area contributed by atoms with Crippen molar-refractivity contribution < 1.29 is 14.2 Å². The van der Waals surface area contributed by atoms with Gasteiger partial charge in [0.2, 0.25) is 0 Å². The van der Waals surface area contributed by atoms with Crippen molar-refractivity contribution in [2.45, 2.75) is 6.42 Å². The van der Waals surface area contributed by atoms with Crippen LogP contribution in [0.1, 0.15) is 6.42 Å². The molecule has 1 heterocycles. The van der Waals surface area contributed by atoms with Gasteiger partial charge in [0.1, 0.15) is 13.2 Å². The number of nitrogens with zero attached hydrogens (tertiary/aromatic N) is 6. The topological polar surface area (TPSA) is 115 Å². The third-order valence-electron chi connectivity index (χ3n) is 1.93. The lowest BCUT2D eigenvalue weighted by Crippen LogP contribution is -2.08. The molecule has 0 aliphatic carbocycles. The average Bonchev–Trinajstić information content (AvgIpc) is 2.50. The number of ether oxygens (including phenoxy) is 3. The molecule has 0 unspecified atom stereocenters. The smallest absolute Gasteiger partial charge is 0.326 e. The number of rotatable bonds is 11. The van der Waals surface area contributed by atoms with E-state index in [-0.39, 0.29) is 31.2 Å². The Hall–Kier alpha value is -2.80. The summed E-state index contributed by atoms with van der Waals surface area (Å²) in [6.07, 6.45) is 3.67. The van der Waals surface area contributed by atoms with Crippen molar-refractivity contribution in [1.82, 2.24) is 15.0 Å². The first-order valence-corrected chi connectivity index (χ1v) is 6.17. The molecule has 0 aliphatic rings. The predicted molar refractivity (Wildman–Crippen MR) is 75.3 cm³/mol. The number of hydrogen-bond donors (Lipinski definition) is 0. The molecular weight excluding hydrogens is 276 g/mol. The molecule has 1 aromatic rings. The molecule has 0 saturated heterocycles. The van der Waals surface area contributed by atoms with Crippen LogP contribution < -0.4 is 14.2 Å². The third-order valence-corrected chi connectivity index (χ3v) is 1.93. The summed E-state index contributed by atoms with van der Waals surface area (Å²) in [5.74, 6) is 0. The number of hydrogen-bond acceptors (Lipinski definition) is 7. The highest BCUT2D eigenvalue weighted by molar-refractivity contribution is 5.09. The molecule has 0 bridgehead atoms. The molecule has 0 amide bonds. The van der Waals surface area contributed by atoms with Gasteiger partial charge >= 0.3 is 18.0 Å². The quantitative estimate of drug-likeness (QED) is 0.203. The molecule has 9 nitrogen and oxygen atoms in total. The lowest BCUT2D eigenvalue weighted by atomic mass is 10.5. The minimum absolute atomic E-state index is 0.0732. The second-order valence-electron chi connectivity index (χ2n) is 3.54. The standard InChI is InChI=1S/C12H16N6O3/c1-3-7-19-10-15-11(20-8-4-2)17-12(16-10)21-9-5-6-14-18-13/h3-4H,1-2,5-9H2. The van der Waals surface area contributed by atoms with E-state index in [1.54, 1.807) is 12.2 Å². The molecule has 1 rings (SSSR count). The van der Waals surface area contributed by atoms with E-state index in [1.807, 2.05) is 0 Å². The van der Waals surface area contributed by atoms with E-state index in [9.17, 15) is 0 Å². The van der Waals surface area contributed by atoms with Crippen molar-refractivity contribution >= 4 is 0 Å². The highest BCUT2D eigenvalue weighted by Gasteiger charge is 2.09. The summed E-state index contributed by atoms with van der Waals surface area (Å²) in [6, 6.07) is 0.229. The molecular formula is C12H16N6O3. The van der Waals surface area contributed by atoms with Crippen molar-refractivity contribution in [1.29, 1.82) is 0 Å². The van der Waals surface area contributed by atoms with Crippen LogP contribution in [0, 0.1) is 0 Å². The van der Waals surface area contributed by atoms with Crippen molar-refractivity contribution in [3.05, 3.63) is 35.8 Å². The summed E-state index contributed by atoms with van der Waals surface area (Å²) in [7, 11) is 0. The van der Waals surface area contributed by atoms with Crippen LogP contribution in [0.3, 0.4) is 0 Å². The Kier molecular flexibility index (Phi) is 7.77. The van der Waals surface area contributed by atoms with E-state index in [0.717, 1.165) is 0 Å². The van der Waals surface area contributed by atoms with Crippen molar-refractivity contribution in [2.24, 2.45) is 5.11 Å². The van der Waals surface area contributed by atoms with Gasteiger partial charge in [-0.05, 0) is 12.0 Å². The first kappa shape index (κ1) is 16.3. The minimum Gasteiger partial charge on any atom is -0.463 e. The molecule has 1 aromatic heterocycles. The van der Waals surface area contributed by atoms with E-state index < -0.39 is 0 Å². The molecule has 0 spiro atoms. The Morgan fingerprint density at radius 2 is 1.52 bits per heavy atom. The van der Waals surface area contributed by atoms with Crippen LogP contribution in [0.2, 0.25) is 0 Å². The third kappa shape index (κ3) is 6.79. The molecule has 9 heteroatoms. The number of aromatic nitrogens is 3. The van der Waals surface area contributed by atoms with Crippen LogP contribution >= 0.6 is 0 Å². The maximum atomic E-state index is 8.16. The van der Waals surface area contributed by atoms with Crippen LogP contribution in [0.25, 0.3) is 10.4 Å². The van der Waals surface area contributed by atoms with Crippen LogP contribution in [0.4, 0.5) is 0 Å². The second kappa shape index (κ2) is 10.0. The molecule has 0 atom stereocenters. The Bertz CT molecular complexity index is 485. The zero-order valence-electron chi connectivity index (χ0n) is 11.5. The van der Waals surface area contributed by atoms with Gasteiger partial charge in [0, 0.05) is 11.5 Å². The first-order valence-electron chi connectivity index (χ1n) is 6.17. The molecule has 21 heavy (non-hydrogen) atoms. The zero-order chi connectivity index (χ0) is 15.3. The lowest BCUT2D eigenvalue weighted by Gasteiger charge is -2.08. The van der Waals surface area contributed by atoms with E-state index in [1.165, 1.54) is 0 Å². The molecule has 0 saturated carbocycles. The van der Waals surface area contributed by atoms with Gasteiger partial charge < -0.3 is 14.2 Å². The van der Waals surface area contributed by atoms with Gasteiger partial charge in [0.05, 0.1) is 6.61 Å². The maximum Gasteiger partial charge on any atom is 0.326 e. The lowest BCUT2D eigenvalue weighted by molar-refractivity contribution is 0.252. The first-order chi connectivity index (χ1) is 10.3. The van der Waals surface area contributed by atoms with Crippen molar-refractivity contribution in [3.63, 3.8) is 0 Å². The summed E-state index contributed by atoms with van der Waals surface area (Å²) in [4.78, 5) is 14.5. The van der Waals surface area contributed by atoms with Crippen LogP contribution in [0.15, 0.2) is 30.4 Å². The van der Waals surface area contributed by atoms with Gasteiger partial charge in [-0.25, -0.2) is 0 Å². The molecule has 112 valence electrons. The zero-order valence-corrected chi connectivity index (χ0v) is 11.5. The Morgan fingerprint density at radius 3 is 2.00 bits per heavy atom. The van der Waals surface area contributed by atoms with E-state index in [4.69, 9.17) is 19.7 Å². The predicted octanol–water partition coefficient (Wildman–Crippen LogP) is 2.08. The SMILES string of the molecule is C=CCOc1nc(OCC=C)nc(OCCCN=[N+]=[N-])n1. The van der Waals surface area contributed by atoms with Gasteiger partial charge in [-0.2, -0.15) is 0 Å². The fourth-order valence-corrected chi connectivity index (χ4v) is 1.12. The Morgan fingerprint density at radius 1 is 1.00 bits per heavy atom. The molecule has 0 fully saturated rings. The molecule has 0 radical (unpaired) electrons. The van der Waals surface area contributed by atoms with Crippen molar-refractivity contribution in [3.8, 4) is 18.0 Å². The van der Waals surface area contributed by atoms with Gasteiger partial charge in [0.25, 0.3) is 0 Å². The normalized spacial score (nSPS) is 9.33. The largest absolute Gasteiger partial charge is 0.463 e. The Labute approximate surface area is 121 Å². The summed E-state index contributed by atoms with van der Waals surface area (Å²) in [6.45, 7) is 8.21. The van der Waals surface area contributed by atoms with Crippen LogP contribution in [-0.4, -0.2) is 41.3 Å². The fourth-order valence-electron chi connectivity index (χ4n) is 1.12. The maximum absolute atomic E-state index is 8.16. The van der Waals surface area contributed by atoms with Crippen LogP contribution in [-0.2, 0) is 0 Å². The van der Waals surface area contributed by atoms with Crippen LogP contribution in [0.5, 0.6) is 18.0 Å².